The number of pyridine rings is 1. The zero-order valence-corrected chi connectivity index (χ0v) is 20.4. The molecule has 2 aromatic heterocycles. The van der Waals surface area contributed by atoms with Gasteiger partial charge < -0.3 is 9.47 Å². The number of methoxy groups -OCH3 is 1. The van der Waals surface area contributed by atoms with E-state index in [1.807, 2.05) is 49.8 Å². The van der Waals surface area contributed by atoms with Crippen LogP contribution in [0, 0.1) is 20.8 Å². The van der Waals surface area contributed by atoms with E-state index >= 15 is 0 Å². The average Bonchev–Trinajstić information content (AvgIpc) is 3.37. The number of ether oxygens (including phenoxy) is 2. The lowest BCUT2D eigenvalue weighted by Crippen LogP contribution is -2.31. The molecule has 9 nitrogen and oxygen atoms in total. The Morgan fingerprint density at radius 1 is 1.00 bits per heavy atom. The first-order valence-corrected chi connectivity index (χ1v) is 12.1. The monoisotopic (exact) mass is 494 g/mol. The van der Waals surface area contributed by atoms with Crippen LogP contribution >= 0.6 is 0 Å². The van der Waals surface area contributed by atoms with Crippen molar-refractivity contribution in [2.45, 2.75) is 25.8 Å². The molecule has 4 rings (SSSR count). The molecule has 0 aliphatic heterocycles. The molecule has 0 aliphatic rings. The number of amides is 1. The number of aromatic nitrogens is 3. The SMILES string of the molecule is COc1ccc(-c2ccc(C(=O)NS(=O)(=O)c3ccn[nH]3)c(Oc3c(C)cc(C)cc3C)n2)cc1.[HH]. The summed E-state index contributed by atoms with van der Waals surface area (Å²) in [6, 6.07) is 15.5. The number of rotatable bonds is 7. The Morgan fingerprint density at radius 2 is 1.69 bits per heavy atom. The third-order valence-electron chi connectivity index (χ3n) is 5.29. The normalized spacial score (nSPS) is 11.2. The van der Waals surface area contributed by atoms with Gasteiger partial charge in [-0.05, 0) is 74.4 Å². The Morgan fingerprint density at radius 3 is 2.29 bits per heavy atom. The molecule has 0 saturated carbocycles. The Labute approximate surface area is 204 Å². The summed E-state index contributed by atoms with van der Waals surface area (Å²) < 4.78 is 38.5. The molecule has 2 aromatic carbocycles. The number of hydrogen-bond acceptors (Lipinski definition) is 7. The van der Waals surface area contributed by atoms with Gasteiger partial charge in [-0.15, -0.1) is 0 Å². The summed E-state index contributed by atoms with van der Waals surface area (Å²) >= 11 is 0. The van der Waals surface area contributed by atoms with Gasteiger partial charge in [0.1, 0.15) is 17.1 Å². The molecule has 1 amide bonds. The predicted octanol–water partition coefficient (Wildman–Crippen LogP) is 4.56. The van der Waals surface area contributed by atoms with Crippen LogP contribution in [-0.4, -0.2) is 36.6 Å². The number of aromatic amines is 1. The van der Waals surface area contributed by atoms with Gasteiger partial charge in [0.2, 0.25) is 5.88 Å². The highest BCUT2D eigenvalue weighted by atomic mass is 32.2. The van der Waals surface area contributed by atoms with Crippen molar-refractivity contribution in [2.75, 3.05) is 7.11 Å². The Kier molecular flexibility index (Phi) is 6.57. The van der Waals surface area contributed by atoms with Crippen LogP contribution in [0.3, 0.4) is 0 Å². The van der Waals surface area contributed by atoms with Gasteiger partial charge in [-0.3, -0.25) is 9.89 Å². The van der Waals surface area contributed by atoms with E-state index in [4.69, 9.17) is 9.47 Å². The van der Waals surface area contributed by atoms with E-state index in [0.29, 0.717) is 17.2 Å². The quantitative estimate of drug-likeness (QED) is 0.386. The van der Waals surface area contributed by atoms with Crippen molar-refractivity contribution in [3.05, 3.63) is 83.0 Å². The Balaban J connectivity index is 0.00000361. The summed E-state index contributed by atoms with van der Waals surface area (Å²) in [6.07, 6.45) is 1.28. The molecule has 0 atom stereocenters. The zero-order chi connectivity index (χ0) is 25.2. The van der Waals surface area contributed by atoms with E-state index in [0.717, 1.165) is 22.3 Å². The lowest BCUT2D eigenvalue weighted by atomic mass is 10.1. The number of hydrogen-bond donors (Lipinski definition) is 2. The van der Waals surface area contributed by atoms with Gasteiger partial charge in [-0.25, -0.2) is 9.71 Å². The molecule has 0 fully saturated rings. The largest absolute Gasteiger partial charge is 0.497 e. The third kappa shape index (κ3) is 5.17. The maximum atomic E-state index is 13.1. The van der Waals surface area contributed by atoms with Crippen LogP contribution in [0.15, 0.2) is 65.8 Å². The van der Waals surface area contributed by atoms with E-state index < -0.39 is 15.9 Å². The Bertz CT molecular complexity index is 1460. The van der Waals surface area contributed by atoms with Crippen LogP contribution in [-0.2, 0) is 10.0 Å². The number of nitrogens with zero attached hydrogens (tertiary/aromatic N) is 2. The van der Waals surface area contributed by atoms with Crippen molar-refractivity contribution in [1.82, 2.24) is 19.9 Å². The van der Waals surface area contributed by atoms with Crippen molar-refractivity contribution in [2.24, 2.45) is 0 Å². The lowest BCUT2D eigenvalue weighted by Gasteiger charge is -2.16. The number of carbonyl (C=O) groups is 1. The van der Waals surface area contributed by atoms with Crippen molar-refractivity contribution in [3.63, 3.8) is 0 Å². The predicted molar refractivity (Wildman–Crippen MR) is 132 cm³/mol. The van der Waals surface area contributed by atoms with Gasteiger partial charge in [-0.1, -0.05) is 17.7 Å². The van der Waals surface area contributed by atoms with Crippen LogP contribution in [0.5, 0.6) is 17.4 Å². The molecule has 0 unspecified atom stereocenters. The summed E-state index contributed by atoms with van der Waals surface area (Å²) in [7, 11) is -2.58. The topological polar surface area (TPSA) is 123 Å². The van der Waals surface area contributed by atoms with Crippen LogP contribution in [0.2, 0.25) is 0 Å². The molecule has 0 bridgehead atoms. The molecule has 2 heterocycles. The van der Waals surface area contributed by atoms with Crippen LogP contribution in [0.25, 0.3) is 11.3 Å². The van der Waals surface area contributed by atoms with E-state index in [-0.39, 0.29) is 17.9 Å². The lowest BCUT2D eigenvalue weighted by molar-refractivity contribution is 0.0978. The van der Waals surface area contributed by atoms with Crippen LogP contribution < -0.4 is 14.2 Å². The van der Waals surface area contributed by atoms with E-state index in [1.54, 1.807) is 25.3 Å². The molecule has 2 N–H and O–H groups in total. The standard InChI is InChI=1S/C25H24N4O5S.H2/c1-15-13-16(2)23(17(3)14-15)34-25-20(24(30)29-35(31,32)22-11-12-26-28-22)9-10-21(27-25)18-5-7-19(33-4)8-6-18;/h5-14H,1-4H3,(H,26,28)(H,29,30);1H. The molecule has 0 spiro atoms. The van der Waals surface area contributed by atoms with Gasteiger partial charge >= 0.3 is 0 Å². The number of benzene rings is 2. The second-order valence-corrected chi connectivity index (χ2v) is 9.61. The first-order chi connectivity index (χ1) is 16.7. The van der Waals surface area contributed by atoms with Crippen molar-refractivity contribution >= 4 is 15.9 Å². The van der Waals surface area contributed by atoms with E-state index in [9.17, 15) is 13.2 Å². The van der Waals surface area contributed by atoms with Gasteiger partial charge in [0.05, 0.1) is 19.0 Å². The third-order valence-corrected chi connectivity index (χ3v) is 6.55. The molecule has 182 valence electrons. The molecular weight excluding hydrogens is 468 g/mol. The van der Waals surface area contributed by atoms with Crippen molar-refractivity contribution < 1.29 is 24.1 Å². The molecular formula is C25H26N4O5S. The number of sulfonamides is 1. The van der Waals surface area contributed by atoms with Crippen molar-refractivity contribution in [3.8, 4) is 28.6 Å². The van der Waals surface area contributed by atoms with Gasteiger partial charge in [-0.2, -0.15) is 13.5 Å². The molecule has 10 heteroatoms. The minimum absolute atomic E-state index is 0. The zero-order valence-electron chi connectivity index (χ0n) is 19.6. The highest BCUT2D eigenvalue weighted by Gasteiger charge is 2.24. The summed E-state index contributed by atoms with van der Waals surface area (Å²) in [6.45, 7) is 5.77. The molecule has 0 aliphatic carbocycles. The van der Waals surface area contributed by atoms with Gasteiger partial charge in [0.25, 0.3) is 15.9 Å². The van der Waals surface area contributed by atoms with Gasteiger partial charge in [0.15, 0.2) is 5.03 Å². The second kappa shape index (κ2) is 9.59. The smallest absolute Gasteiger partial charge is 0.281 e. The highest BCUT2D eigenvalue weighted by molar-refractivity contribution is 7.90. The van der Waals surface area contributed by atoms with E-state index in [2.05, 4.69) is 15.2 Å². The number of aryl methyl sites for hydroxylation is 3. The summed E-state index contributed by atoms with van der Waals surface area (Å²) in [5.74, 6) is 0.327. The van der Waals surface area contributed by atoms with E-state index in [1.165, 1.54) is 18.3 Å². The van der Waals surface area contributed by atoms with Crippen LogP contribution in [0.1, 0.15) is 28.5 Å². The fraction of sp³-hybridized carbons (Fsp3) is 0.160. The molecule has 35 heavy (non-hydrogen) atoms. The fourth-order valence-electron chi connectivity index (χ4n) is 3.66. The van der Waals surface area contributed by atoms with Crippen LogP contribution in [0.4, 0.5) is 0 Å². The maximum absolute atomic E-state index is 13.1. The molecule has 0 radical (unpaired) electrons. The second-order valence-electron chi connectivity index (χ2n) is 7.96. The number of H-pyrrole nitrogens is 1. The van der Waals surface area contributed by atoms with Gasteiger partial charge in [0, 0.05) is 6.99 Å². The summed E-state index contributed by atoms with van der Waals surface area (Å²) in [5.41, 5.74) is 4.05. The fourth-order valence-corrected chi connectivity index (χ4v) is 4.54. The average molecular weight is 495 g/mol. The minimum Gasteiger partial charge on any atom is -0.497 e. The van der Waals surface area contributed by atoms with Crippen molar-refractivity contribution in [1.29, 1.82) is 0 Å². The number of carbonyl (C=O) groups excluding carboxylic acids is 1. The summed E-state index contributed by atoms with van der Waals surface area (Å²) in [5, 5.41) is 5.73. The first kappa shape index (κ1) is 24.0. The number of nitrogens with one attached hydrogen (secondary N) is 2. The minimum atomic E-state index is -4.16. The Hall–Kier alpha value is -4.18. The first-order valence-electron chi connectivity index (χ1n) is 10.7. The highest BCUT2D eigenvalue weighted by Crippen LogP contribution is 2.33. The maximum Gasteiger partial charge on any atom is 0.281 e. The summed E-state index contributed by atoms with van der Waals surface area (Å²) in [4.78, 5) is 17.6. The molecule has 0 saturated heterocycles. The molecule has 4 aromatic rings.